The number of anilines is 2. The average molecular weight is 248 g/mol. The molecular formula is C14H20N2O2. The topological polar surface area (TPSA) is 32.8 Å². The molecule has 4 nitrogen and oxygen atoms in total. The van der Waals surface area contributed by atoms with Crippen molar-refractivity contribution in [2.75, 3.05) is 36.5 Å². The standard InChI is InChI=1S/C14H20N2O2/c1-11(2)18-10-14(17)16-9-8-15(3)12-6-4-5-7-13(12)16/h4-7,11H,8-10H2,1-3H3. The van der Waals surface area contributed by atoms with E-state index in [2.05, 4.69) is 4.90 Å². The highest BCUT2D eigenvalue weighted by atomic mass is 16.5. The van der Waals surface area contributed by atoms with Gasteiger partial charge in [0.1, 0.15) is 6.61 Å². The van der Waals surface area contributed by atoms with Crippen LogP contribution in [0.5, 0.6) is 0 Å². The van der Waals surface area contributed by atoms with E-state index in [1.54, 1.807) is 0 Å². The summed E-state index contributed by atoms with van der Waals surface area (Å²) < 4.78 is 5.39. The van der Waals surface area contributed by atoms with E-state index in [1.807, 2.05) is 50.1 Å². The van der Waals surface area contributed by atoms with Crippen molar-refractivity contribution in [1.29, 1.82) is 0 Å². The van der Waals surface area contributed by atoms with Crippen LogP contribution in [0, 0.1) is 0 Å². The number of fused-ring (bicyclic) bond motifs is 1. The predicted molar refractivity (Wildman–Crippen MR) is 73.2 cm³/mol. The maximum Gasteiger partial charge on any atom is 0.253 e. The second kappa shape index (κ2) is 5.40. The van der Waals surface area contributed by atoms with Gasteiger partial charge in [-0.25, -0.2) is 0 Å². The van der Waals surface area contributed by atoms with Crippen LogP contribution in [-0.4, -0.2) is 38.8 Å². The van der Waals surface area contributed by atoms with Crippen molar-refractivity contribution in [3.63, 3.8) is 0 Å². The molecule has 0 aliphatic carbocycles. The Morgan fingerprint density at radius 3 is 2.61 bits per heavy atom. The lowest BCUT2D eigenvalue weighted by Gasteiger charge is -2.35. The largest absolute Gasteiger partial charge is 0.371 e. The Morgan fingerprint density at radius 1 is 1.28 bits per heavy atom. The Kier molecular flexibility index (Phi) is 3.87. The SMILES string of the molecule is CC(C)OCC(=O)N1CCN(C)c2ccccc21. The fraction of sp³-hybridized carbons (Fsp3) is 0.500. The minimum absolute atomic E-state index is 0.0317. The van der Waals surface area contributed by atoms with Gasteiger partial charge in [-0.1, -0.05) is 12.1 Å². The third kappa shape index (κ3) is 2.64. The van der Waals surface area contributed by atoms with Crippen LogP contribution in [0.25, 0.3) is 0 Å². The molecule has 1 amide bonds. The number of carbonyl (C=O) groups excluding carboxylic acids is 1. The molecule has 0 unspecified atom stereocenters. The number of amides is 1. The Morgan fingerprint density at radius 2 is 1.94 bits per heavy atom. The van der Waals surface area contributed by atoms with E-state index < -0.39 is 0 Å². The van der Waals surface area contributed by atoms with Gasteiger partial charge in [0, 0.05) is 20.1 Å². The van der Waals surface area contributed by atoms with Gasteiger partial charge in [-0.3, -0.25) is 4.79 Å². The van der Waals surface area contributed by atoms with Crippen LogP contribution in [0.3, 0.4) is 0 Å². The summed E-state index contributed by atoms with van der Waals surface area (Å²) >= 11 is 0. The van der Waals surface area contributed by atoms with Gasteiger partial charge in [-0.05, 0) is 26.0 Å². The van der Waals surface area contributed by atoms with Gasteiger partial charge in [0.2, 0.25) is 0 Å². The third-order valence-corrected chi connectivity index (χ3v) is 3.08. The molecule has 0 saturated heterocycles. The molecule has 0 spiro atoms. The highest BCUT2D eigenvalue weighted by molar-refractivity contribution is 5.98. The molecule has 0 fully saturated rings. The van der Waals surface area contributed by atoms with Gasteiger partial charge >= 0.3 is 0 Å². The van der Waals surface area contributed by atoms with Gasteiger partial charge in [0.15, 0.2) is 0 Å². The smallest absolute Gasteiger partial charge is 0.253 e. The van der Waals surface area contributed by atoms with Crippen LogP contribution in [-0.2, 0) is 9.53 Å². The van der Waals surface area contributed by atoms with E-state index >= 15 is 0 Å². The first kappa shape index (κ1) is 12.9. The van der Waals surface area contributed by atoms with Crippen molar-refractivity contribution < 1.29 is 9.53 Å². The summed E-state index contributed by atoms with van der Waals surface area (Å²) in [5, 5.41) is 0. The van der Waals surface area contributed by atoms with Gasteiger partial charge in [-0.2, -0.15) is 0 Å². The number of nitrogens with zero attached hydrogens (tertiary/aromatic N) is 2. The summed E-state index contributed by atoms with van der Waals surface area (Å²) in [6.07, 6.45) is 0.0802. The number of likely N-dealkylation sites (N-methyl/N-ethyl adjacent to an activating group) is 1. The Balaban J connectivity index is 2.15. The predicted octanol–water partition coefficient (Wildman–Crippen LogP) is 1.89. The third-order valence-electron chi connectivity index (χ3n) is 3.08. The van der Waals surface area contributed by atoms with Crippen LogP contribution in [0.15, 0.2) is 24.3 Å². The van der Waals surface area contributed by atoms with Gasteiger partial charge < -0.3 is 14.5 Å². The van der Waals surface area contributed by atoms with E-state index in [0.29, 0.717) is 6.54 Å². The molecular weight excluding hydrogens is 228 g/mol. The summed E-state index contributed by atoms with van der Waals surface area (Å²) in [4.78, 5) is 16.1. The lowest BCUT2D eigenvalue weighted by atomic mass is 10.1. The maximum atomic E-state index is 12.2. The summed E-state index contributed by atoms with van der Waals surface area (Å²) in [6.45, 7) is 5.59. The molecule has 0 radical (unpaired) electrons. The summed E-state index contributed by atoms with van der Waals surface area (Å²) in [5.41, 5.74) is 2.07. The molecule has 98 valence electrons. The molecule has 18 heavy (non-hydrogen) atoms. The van der Waals surface area contributed by atoms with Gasteiger partial charge in [0.25, 0.3) is 5.91 Å². The number of carbonyl (C=O) groups is 1. The molecule has 4 heteroatoms. The van der Waals surface area contributed by atoms with E-state index in [1.165, 1.54) is 0 Å². The average Bonchev–Trinajstić information content (AvgIpc) is 2.37. The first-order valence-electron chi connectivity index (χ1n) is 6.31. The number of para-hydroxylation sites is 2. The van der Waals surface area contributed by atoms with Crippen LogP contribution >= 0.6 is 0 Å². The maximum absolute atomic E-state index is 12.2. The van der Waals surface area contributed by atoms with Crippen LogP contribution < -0.4 is 9.80 Å². The molecule has 1 heterocycles. The normalized spacial score (nSPS) is 14.9. The zero-order valence-corrected chi connectivity index (χ0v) is 11.2. The van der Waals surface area contributed by atoms with Crippen molar-refractivity contribution in [3.05, 3.63) is 24.3 Å². The minimum Gasteiger partial charge on any atom is -0.371 e. The second-order valence-corrected chi connectivity index (χ2v) is 4.82. The fourth-order valence-corrected chi connectivity index (χ4v) is 2.08. The van der Waals surface area contributed by atoms with Crippen LogP contribution in [0.4, 0.5) is 11.4 Å². The van der Waals surface area contributed by atoms with E-state index in [9.17, 15) is 4.79 Å². The first-order valence-corrected chi connectivity index (χ1v) is 6.31. The lowest BCUT2D eigenvalue weighted by molar-refractivity contribution is -0.124. The Labute approximate surface area is 108 Å². The molecule has 1 aliphatic heterocycles. The number of hydrogen-bond donors (Lipinski definition) is 0. The molecule has 1 aromatic rings. The Bertz CT molecular complexity index is 432. The number of benzene rings is 1. The van der Waals surface area contributed by atoms with E-state index in [-0.39, 0.29) is 18.6 Å². The minimum atomic E-state index is 0.0317. The summed E-state index contributed by atoms with van der Waals surface area (Å²) in [7, 11) is 2.05. The summed E-state index contributed by atoms with van der Waals surface area (Å²) in [5.74, 6) is 0.0317. The monoisotopic (exact) mass is 248 g/mol. The van der Waals surface area contributed by atoms with Crippen LogP contribution in [0.2, 0.25) is 0 Å². The first-order chi connectivity index (χ1) is 8.59. The molecule has 0 bridgehead atoms. The molecule has 0 aromatic heterocycles. The van der Waals surface area contributed by atoms with Crippen molar-refractivity contribution in [2.24, 2.45) is 0 Å². The number of rotatable bonds is 3. The quantitative estimate of drug-likeness (QED) is 0.819. The van der Waals surface area contributed by atoms with Crippen LogP contribution in [0.1, 0.15) is 13.8 Å². The van der Waals surface area contributed by atoms with Gasteiger partial charge in [-0.15, -0.1) is 0 Å². The zero-order chi connectivity index (χ0) is 13.1. The molecule has 1 aliphatic rings. The van der Waals surface area contributed by atoms with E-state index in [4.69, 9.17) is 4.74 Å². The van der Waals surface area contributed by atoms with Crippen molar-refractivity contribution >= 4 is 17.3 Å². The van der Waals surface area contributed by atoms with E-state index in [0.717, 1.165) is 17.9 Å². The highest BCUT2D eigenvalue weighted by Gasteiger charge is 2.24. The lowest BCUT2D eigenvalue weighted by Crippen LogP contribution is -2.44. The number of ether oxygens (including phenoxy) is 1. The van der Waals surface area contributed by atoms with Crippen molar-refractivity contribution in [2.45, 2.75) is 20.0 Å². The molecule has 2 rings (SSSR count). The Hall–Kier alpha value is -1.55. The van der Waals surface area contributed by atoms with Crippen molar-refractivity contribution in [3.8, 4) is 0 Å². The highest BCUT2D eigenvalue weighted by Crippen LogP contribution is 2.31. The molecule has 0 saturated carbocycles. The molecule has 0 atom stereocenters. The fourth-order valence-electron chi connectivity index (χ4n) is 2.08. The molecule has 1 aromatic carbocycles. The summed E-state index contributed by atoms with van der Waals surface area (Å²) in [6, 6.07) is 7.98. The molecule has 0 N–H and O–H groups in total. The van der Waals surface area contributed by atoms with Gasteiger partial charge in [0.05, 0.1) is 17.5 Å². The number of hydrogen-bond acceptors (Lipinski definition) is 3. The second-order valence-electron chi connectivity index (χ2n) is 4.82. The van der Waals surface area contributed by atoms with Crippen molar-refractivity contribution in [1.82, 2.24) is 0 Å². The zero-order valence-electron chi connectivity index (χ0n) is 11.2.